The van der Waals surface area contributed by atoms with Gasteiger partial charge in [0, 0.05) is 31.3 Å². The molecule has 0 bridgehead atoms. The number of phenols is 1. The third-order valence-electron chi connectivity index (χ3n) is 16.7. The number of aromatic hydroxyl groups is 1. The summed E-state index contributed by atoms with van der Waals surface area (Å²) in [5.74, 6) is -13.8. The Morgan fingerprint density at radius 2 is 1.00 bits per heavy atom. The Bertz CT molecular complexity index is 3250. The second-order valence-corrected chi connectivity index (χ2v) is 27.5. The molecule has 3 rings (SSSR count). The van der Waals surface area contributed by atoms with E-state index < -0.39 is 206 Å². The number of benzene rings is 1. The maximum absolute atomic E-state index is 14.3. The highest BCUT2D eigenvalue weighted by Crippen LogP contribution is 2.21. The number of aromatic nitrogens is 2. The van der Waals surface area contributed by atoms with Gasteiger partial charge in [-0.2, -0.15) is 23.5 Å². The Labute approximate surface area is 610 Å². The van der Waals surface area contributed by atoms with Crippen molar-refractivity contribution in [1.29, 1.82) is 0 Å². The number of nitrogens with two attached hydrogens (primary N) is 1. The van der Waals surface area contributed by atoms with Gasteiger partial charge in [0.2, 0.25) is 82.7 Å². The van der Waals surface area contributed by atoms with Crippen LogP contribution in [0.3, 0.4) is 0 Å². The van der Waals surface area contributed by atoms with Crippen molar-refractivity contribution >= 4 is 112 Å². The van der Waals surface area contributed by atoms with E-state index in [0.29, 0.717) is 35.6 Å². The lowest BCUT2D eigenvalue weighted by molar-refractivity contribution is -0.149. The molecule has 1 aromatic carbocycles. The van der Waals surface area contributed by atoms with Gasteiger partial charge in [-0.1, -0.05) is 46.2 Å². The number of likely N-dealkylation sites (tertiary alicyclic amines) is 1. The fraction of sp³-hybridized carbons (Fsp3) is 0.631. The van der Waals surface area contributed by atoms with E-state index in [1.165, 1.54) is 92.9 Å². The molecule has 0 unspecified atom stereocenters. The molecule has 0 aliphatic carbocycles. The molecule has 1 saturated heterocycles. The molecule has 104 heavy (non-hydrogen) atoms. The smallest absolute Gasteiger partial charge is 0.326 e. The molecule has 1 aliphatic rings. The SMILES string of the molecule is CC[C@H](C)[C@H](NC(=O)[C@H](CCSC)NC(=O)[C@H](C)NC(=O)[C@H](CO)NC(=O)[C@H](CO)NC(=O)CNC(=O)[C@H](C)NC(=O)[C@H](CCSC)NC(=O)[C@@H](N)CO)C(=O)N[C@@H](CC(C)C)C(=O)N[C@@H](C)C(=O)N[C@@H](C)C(=O)N[C@@H](Cc1ccc(O)cc1)C(=O)N[C@@H](Cc1cnc[nH]1)C(=O)N1CCC[C@H]1C(=O)O. The largest absolute Gasteiger partial charge is 0.508 e. The zero-order valence-corrected chi connectivity index (χ0v) is 61.6. The summed E-state index contributed by atoms with van der Waals surface area (Å²) in [5, 5.41) is 81.1. The lowest BCUT2D eigenvalue weighted by Crippen LogP contribution is -2.61. The maximum Gasteiger partial charge on any atom is 0.326 e. The number of phenolic OH excluding ortho intramolecular Hbond substituents is 1. The van der Waals surface area contributed by atoms with Crippen molar-refractivity contribution in [3.63, 3.8) is 0 Å². The summed E-state index contributed by atoms with van der Waals surface area (Å²) >= 11 is 2.69. The number of carboxylic acid groups (broad SMARTS) is 1. The van der Waals surface area contributed by atoms with Crippen LogP contribution in [-0.4, -0.2) is 271 Å². The van der Waals surface area contributed by atoms with E-state index in [0.717, 1.165) is 0 Å². The van der Waals surface area contributed by atoms with Crippen LogP contribution in [0.2, 0.25) is 0 Å². The number of hydrogen-bond donors (Lipinski definition) is 20. The van der Waals surface area contributed by atoms with Gasteiger partial charge in [-0.05, 0) is 113 Å². The number of rotatable bonds is 45. The summed E-state index contributed by atoms with van der Waals surface area (Å²) in [5.41, 5.74) is 6.45. The molecule has 1 aromatic heterocycles. The molecule has 2 aromatic rings. The van der Waals surface area contributed by atoms with Gasteiger partial charge in [0.25, 0.3) is 0 Å². The number of carbonyl (C=O) groups excluding carboxylic acids is 14. The van der Waals surface area contributed by atoms with Crippen LogP contribution < -0.4 is 74.9 Å². The van der Waals surface area contributed by atoms with Gasteiger partial charge in [-0.25, -0.2) is 9.78 Å². The Hall–Kier alpha value is -9.18. The van der Waals surface area contributed by atoms with Crippen LogP contribution in [0.15, 0.2) is 36.8 Å². The number of H-pyrrole nitrogens is 1. The number of imidazole rings is 1. The van der Waals surface area contributed by atoms with Crippen molar-refractivity contribution in [3.05, 3.63) is 48.0 Å². The minimum absolute atomic E-state index is 0.000654. The van der Waals surface area contributed by atoms with Crippen LogP contribution >= 0.6 is 23.5 Å². The van der Waals surface area contributed by atoms with Crippen molar-refractivity contribution in [2.24, 2.45) is 17.6 Å². The quantitative estimate of drug-likeness (QED) is 0.0293. The number of aliphatic hydroxyl groups excluding tert-OH is 3. The molecule has 1 fully saturated rings. The summed E-state index contributed by atoms with van der Waals surface area (Å²) in [6.45, 7) is 8.63. The molecular formula is C65H103N17O20S2. The van der Waals surface area contributed by atoms with E-state index in [1.54, 1.807) is 40.2 Å². The Morgan fingerprint density at radius 1 is 0.548 bits per heavy atom. The minimum Gasteiger partial charge on any atom is -0.508 e. The van der Waals surface area contributed by atoms with Gasteiger partial charge in [0.05, 0.1) is 32.7 Å². The van der Waals surface area contributed by atoms with Crippen LogP contribution in [0.4, 0.5) is 0 Å². The molecule has 1 aliphatic heterocycles. The first kappa shape index (κ1) is 89.0. The van der Waals surface area contributed by atoms with Crippen molar-refractivity contribution in [1.82, 2.24) is 84.0 Å². The Morgan fingerprint density at radius 3 is 1.51 bits per heavy atom. The van der Waals surface area contributed by atoms with E-state index >= 15 is 0 Å². The van der Waals surface area contributed by atoms with E-state index in [9.17, 15) is 97.5 Å². The van der Waals surface area contributed by atoms with Crippen molar-refractivity contribution in [3.8, 4) is 5.75 Å². The van der Waals surface area contributed by atoms with Crippen LogP contribution in [-0.2, 0) is 84.8 Å². The second kappa shape index (κ2) is 45.1. The second-order valence-electron chi connectivity index (χ2n) is 25.5. The summed E-state index contributed by atoms with van der Waals surface area (Å²) < 4.78 is 0. The Kier molecular flexibility index (Phi) is 38.6. The first-order chi connectivity index (χ1) is 49.1. The zero-order chi connectivity index (χ0) is 78.1. The van der Waals surface area contributed by atoms with Crippen LogP contribution in [0.5, 0.6) is 5.75 Å². The number of carboxylic acids is 1. The van der Waals surface area contributed by atoms with Crippen LogP contribution in [0.25, 0.3) is 0 Å². The monoisotopic (exact) mass is 1510 g/mol. The molecule has 0 saturated carbocycles. The highest BCUT2D eigenvalue weighted by molar-refractivity contribution is 7.98. The number of aliphatic carboxylic acids is 1. The van der Waals surface area contributed by atoms with Gasteiger partial charge in [-0.15, -0.1) is 0 Å². The predicted octanol–water partition coefficient (Wildman–Crippen LogP) is -6.11. The highest BCUT2D eigenvalue weighted by Gasteiger charge is 2.40. The van der Waals surface area contributed by atoms with E-state index in [2.05, 4.69) is 79.1 Å². The molecule has 0 spiro atoms. The summed E-state index contributed by atoms with van der Waals surface area (Å²) in [7, 11) is 0. The van der Waals surface area contributed by atoms with E-state index in [-0.39, 0.29) is 56.7 Å². The number of amides is 14. The van der Waals surface area contributed by atoms with E-state index in [1.807, 2.05) is 0 Å². The molecule has 0 radical (unpaired) electrons. The molecule has 15 atom stereocenters. The number of carbonyl (C=O) groups is 15. The van der Waals surface area contributed by atoms with Crippen LogP contribution in [0, 0.1) is 11.8 Å². The molecule has 580 valence electrons. The predicted molar refractivity (Wildman–Crippen MR) is 379 cm³/mol. The number of nitrogens with one attached hydrogen (secondary N) is 14. The summed E-state index contributed by atoms with van der Waals surface area (Å²) in [6, 6.07) is -13.5. The first-order valence-corrected chi connectivity index (χ1v) is 36.7. The summed E-state index contributed by atoms with van der Waals surface area (Å²) in [4.78, 5) is 210. The molecule has 2 heterocycles. The van der Waals surface area contributed by atoms with Crippen LogP contribution in [0.1, 0.15) is 105 Å². The third kappa shape index (κ3) is 29.5. The standard InChI is InChI=1S/C65H103N17O20S2/c1-11-33(4)51(81-58(94)43(19-22-104-10)75-54(90)37(8)73-61(97)48(30-85)80-62(98)47(29-84)74-50(87)27-68-52(88)34(5)71-57(93)42(18-21-103-9)76-56(92)41(66)28-83)63(99)78-44(23-32(2)3)59(95)72-35(6)53(89)70-36(7)55(91)77-45(24-38-14-16-40(86)17-15-38)60(96)79-46(25-39-26-67-31-69-39)64(100)82-20-12-13-49(82)65(101)102/h14-17,26,31-37,41-49,51,83-86H,11-13,18-25,27-30,66H2,1-10H3,(H,67,69)(H,68,88)(H,70,89)(H,71,93)(H,72,95)(H,73,97)(H,74,87)(H,75,90)(H,76,92)(H,77,91)(H,78,99)(H,79,96)(H,80,98)(H,81,94)(H,101,102)/t33-,34-,35-,36-,37-,41-,42-,43-,44-,45-,46-,47-,48-,49-,51-/m0/s1. The number of nitrogens with zero attached hydrogens (tertiary/aromatic N) is 2. The average Bonchev–Trinajstić information content (AvgIpc) is 1.64. The molecular weight excluding hydrogens is 1400 g/mol. The van der Waals surface area contributed by atoms with E-state index in [4.69, 9.17) is 5.73 Å². The average molecular weight is 1510 g/mol. The van der Waals surface area contributed by atoms with Gasteiger partial charge in [0.15, 0.2) is 0 Å². The lowest BCUT2D eigenvalue weighted by Gasteiger charge is -2.29. The number of thioether (sulfide) groups is 2. The number of aromatic amines is 1. The molecule has 39 heteroatoms. The first-order valence-electron chi connectivity index (χ1n) is 33.9. The fourth-order valence-corrected chi connectivity index (χ4v) is 11.2. The molecule has 21 N–H and O–H groups in total. The lowest BCUT2D eigenvalue weighted by atomic mass is 9.96. The van der Waals surface area contributed by atoms with Crippen molar-refractivity contribution < 1.29 is 97.5 Å². The van der Waals surface area contributed by atoms with Gasteiger partial charge in [0.1, 0.15) is 90.3 Å². The Balaban J connectivity index is 1.67. The van der Waals surface area contributed by atoms with Gasteiger partial charge in [-0.3, -0.25) is 67.1 Å². The third-order valence-corrected chi connectivity index (χ3v) is 17.9. The number of hydrogen-bond acceptors (Lipinski definition) is 23. The normalized spacial score (nSPS) is 16.7. The topological polar surface area (TPSA) is 572 Å². The fourth-order valence-electron chi connectivity index (χ4n) is 10.3. The molecule has 14 amide bonds. The zero-order valence-electron chi connectivity index (χ0n) is 60.0. The van der Waals surface area contributed by atoms with Crippen molar-refractivity contribution in [2.45, 2.75) is 191 Å². The minimum atomic E-state index is -1.78. The number of aliphatic hydroxyl groups is 3. The van der Waals surface area contributed by atoms with Gasteiger partial charge < -0.3 is 110 Å². The molecule has 37 nitrogen and oxygen atoms in total. The van der Waals surface area contributed by atoms with Gasteiger partial charge >= 0.3 is 5.97 Å². The maximum atomic E-state index is 14.3. The highest BCUT2D eigenvalue weighted by atomic mass is 32.2. The van der Waals surface area contributed by atoms with Crippen molar-refractivity contribution in [2.75, 3.05) is 56.9 Å². The summed E-state index contributed by atoms with van der Waals surface area (Å²) in [6.07, 6.45) is 7.08.